The molecule has 3 aromatic carbocycles. The van der Waals surface area contributed by atoms with Crippen molar-refractivity contribution < 1.29 is 13.9 Å². The van der Waals surface area contributed by atoms with E-state index in [1.807, 2.05) is 48.5 Å². The van der Waals surface area contributed by atoms with E-state index in [1.54, 1.807) is 12.1 Å². The van der Waals surface area contributed by atoms with Crippen LogP contribution >= 0.6 is 27.7 Å². The Labute approximate surface area is 174 Å². The summed E-state index contributed by atoms with van der Waals surface area (Å²) in [5, 5.41) is 2.91. The summed E-state index contributed by atoms with van der Waals surface area (Å²) in [6.07, 6.45) is 1.85. The lowest BCUT2D eigenvalue weighted by molar-refractivity contribution is -0.112. The van der Waals surface area contributed by atoms with Crippen LogP contribution in [0.1, 0.15) is 11.1 Å². The van der Waals surface area contributed by atoms with E-state index in [0.717, 1.165) is 26.2 Å². The number of amides is 1. The van der Waals surface area contributed by atoms with Crippen LogP contribution in [0.2, 0.25) is 0 Å². The highest BCUT2D eigenvalue weighted by Gasteiger charge is 2.20. The van der Waals surface area contributed by atoms with Crippen molar-refractivity contribution in [1.82, 2.24) is 0 Å². The van der Waals surface area contributed by atoms with Gasteiger partial charge in [0.05, 0.1) is 15.1 Å². The summed E-state index contributed by atoms with van der Waals surface area (Å²) >= 11 is 4.97. The summed E-state index contributed by atoms with van der Waals surface area (Å²) in [6, 6.07) is 19.6. The Morgan fingerprint density at radius 1 is 1.07 bits per heavy atom. The molecule has 0 radical (unpaired) electrons. The first kappa shape index (κ1) is 18.8. The van der Waals surface area contributed by atoms with Gasteiger partial charge in [-0.1, -0.05) is 42.1 Å². The van der Waals surface area contributed by atoms with Gasteiger partial charge in [-0.05, 0) is 69.5 Å². The summed E-state index contributed by atoms with van der Waals surface area (Å²) in [5.41, 5.74) is 2.60. The molecule has 0 aliphatic carbocycles. The van der Waals surface area contributed by atoms with E-state index in [4.69, 9.17) is 4.74 Å². The Morgan fingerprint density at radius 2 is 1.86 bits per heavy atom. The number of thioether (sulfide) groups is 1. The quantitative estimate of drug-likeness (QED) is 0.472. The maximum Gasteiger partial charge on any atom is 0.262 e. The zero-order valence-electron chi connectivity index (χ0n) is 14.6. The van der Waals surface area contributed by atoms with Gasteiger partial charge >= 0.3 is 0 Å². The first-order valence-corrected chi connectivity index (χ1v) is 10.2. The fraction of sp³-hybridized carbons (Fsp3) is 0.0455. The van der Waals surface area contributed by atoms with E-state index in [2.05, 4.69) is 21.2 Å². The maximum atomic E-state index is 13.0. The largest absolute Gasteiger partial charge is 0.488 e. The van der Waals surface area contributed by atoms with Crippen LogP contribution in [0.25, 0.3) is 6.08 Å². The van der Waals surface area contributed by atoms with Crippen LogP contribution in [-0.4, -0.2) is 5.91 Å². The first-order chi connectivity index (χ1) is 13.6. The molecule has 1 aliphatic rings. The number of para-hydroxylation sites is 1. The third-order valence-corrected chi connectivity index (χ3v) is 5.86. The summed E-state index contributed by atoms with van der Waals surface area (Å²) < 4.78 is 19.6. The van der Waals surface area contributed by atoms with Crippen molar-refractivity contribution in [3.8, 4) is 5.75 Å². The summed E-state index contributed by atoms with van der Waals surface area (Å²) in [6.45, 7) is 0.342. The molecule has 0 spiro atoms. The lowest BCUT2D eigenvalue weighted by Gasteiger charge is -2.18. The number of carbonyl (C=O) groups excluding carboxylic acids is 1. The highest BCUT2D eigenvalue weighted by atomic mass is 79.9. The summed E-state index contributed by atoms with van der Waals surface area (Å²) in [4.78, 5) is 14.0. The second-order valence-electron chi connectivity index (χ2n) is 6.17. The molecule has 1 N–H and O–H groups in total. The van der Waals surface area contributed by atoms with Gasteiger partial charge in [0.25, 0.3) is 5.91 Å². The molecule has 4 rings (SSSR count). The molecular weight excluding hydrogens is 441 g/mol. The highest BCUT2D eigenvalue weighted by molar-refractivity contribution is 9.10. The smallest absolute Gasteiger partial charge is 0.262 e. The molecule has 3 nitrogen and oxygen atoms in total. The zero-order chi connectivity index (χ0) is 19.5. The summed E-state index contributed by atoms with van der Waals surface area (Å²) in [7, 11) is 0. The molecule has 1 aliphatic heterocycles. The zero-order valence-corrected chi connectivity index (χ0v) is 17.0. The normalized spacial score (nSPS) is 14.5. The van der Waals surface area contributed by atoms with Gasteiger partial charge in [0.2, 0.25) is 0 Å². The fourth-order valence-corrected chi connectivity index (χ4v) is 4.18. The number of hydrogen-bond acceptors (Lipinski definition) is 3. The molecule has 3 aromatic rings. The molecule has 0 saturated heterocycles. The van der Waals surface area contributed by atoms with Crippen molar-refractivity contribution in [1.29, 1.82) is 0 Å². The van der Waals surface area contributed by atoms with Gasteiger partial charge in [-0.25, -0.2) is 4.39 Å². The van der Waals surface area contributed by atoms with Crippen LogP contribution in [0.15, 0.2) is 81.0 Å². The molecule has 0 atom stereocenters. The number of anilines is 1. The second kappa shape index (κ2) is 8.20. The topological polar surface area (TPSA) is 38.3 Å². The molecule has 1 heterocycles. The predicted molar refractivity (Wildman–Crippen MR) is 114 cm³/mol. The Hall–Kier alpha value is -2.57. The lowest BCUT2D eigenvalue weighted by atomic mass is 10.2. The van der Waals surface area contributed by atoms with Gasteiger partial charge < -0.3 is 10.1 Å². The number of ether oxygens (including phenoxy) is 1. The van der Waals surface area contributed by atoms with Crippen molar-refractivity contribution in [2.75, 3.05) is 5.32 Å². The SMILES string of the molecule is O=C1Nc2ccccc2S/C1=C\c1ccc(OCc2ccc(F)cc2)c(Br)c1. The van der Waals surface area contributed by atoms with Crippen molar-refractivity contribution in [2.45, 2.75) is 11.5 Å². The molecule has 140 valence electrons. The average molecular weight is 456 g/mol. The van der Waals surface area contributed by atoms with Crippen LogP contribution in [0, 0.1) is 5.82 Å². The minimum absolute atomic E-state index is 0.114. The molecule has 28 heavy (non-hydrogen) atoms. The van der Waals surface area contributed by atoms with Crippen LogP contribution in [-0.2, 0) is 11.4 Å². The maximum absolute atomic E-state index is 13.0. The average Bonchev–Trinajstić information content (AvgIpc) is 2.69. The van der Waals surface area contributed by atoms with Gasteiger partial charge in [0.1, 0.15) is 18.2 Å². The van der Waals surface area contributed by atoms with Crippen molar-refractivity contribution in [3.63, 3.8) is 0 Å². The Kier molecular flexibility index (Phi) is 5.50. The number of fused-ring (bicyclic) bond motifs is 1. The second-order valence-corrected chi connectivity index (χ2v) is 8.10. The number of halogens is 2. The molecular formula is C22H15BrFNO2S. The van der Waals surface area contributed by atoms with Crippen molar-refractivity contribution in [2.24, 2.45) is 0 Å². The Balaban J connectivity index is 1.49. The van der Waals surface area contributed by atoms with Crippen LogP contribution in [0.3, 0.4) is 0 Å². The minimum Gasteiger partial charge on any atom is -0.488 e. The monoisotopic (exact) mass is 455 g/mol. The van der Waals surface area contributed by atoms with Crippen LogP contribution in [0.4, 0.5) is 10.1 Å². The van der Waals surface area contributed by atoms with Gasteiger partial charge in [0.15, 0.2) is 0 Å². The van der Waals surface area contributed by atoms with Gasteiger partial charge in [-0.2, -0.15) is 0 Å². The van der Waals surface area contributed by atoms with Gasteiger partial charge in [0, 0.05) is 4.90 Å². The number of rotatable bonds is 4. The van der Waals surface area contributed by atoms with E-state index in [0.29, 0.717) is 17.3 Å². The van der Waals surface area contributed by atoms with Crippen molar-refractivity contribution >= 4 is 45.4 Å². The molecule has 1 amide bonds. The van der Waals surface area contributed by atoms with Crippen LogP contribution < -0.4 is 10.1 Å². The molecule has 0 fully saturated rings. The van der Waals surface area contributed by atoms with E-state index < -0.39 is 0 Å². The minimum atomic E-state index is -0.269. The standard InChI is InChI=1S/C22H15BrFNO2S/c23-17-11-15(7-10-19(17)27-13-14-5-8-16(24)9-6-14)12-21-22(26)25-18-3-1-2-4-20(18)28-21/h1-12H,13H2,(H,25,26)/b21-12-. The number of benzene rings is 3. The predicted octanol–water partition coefficient (Wildman–Crippen LogP) is 6.25. The summed E-state index contributed by atoms with van der Waals surface area (Å²) in [5.74, 6) is 0.295. The van der Waals surface area contributed by atoms with E-state index >= 15 is 0 Å². The Bertz CT molecular complexity index is 1070. The van der Waals surface area contributed by atoms with Gasteiger partial charge in [-0.15, -0.1) is 0 Å². The van der Waals surface area contributed by atoms with E-state index in [1.165, 1.54) is 23.9 Å². The fourth-order valence-electron chi connectivity index (χ4n) is 2.72. The van der Waals surface area contributed by atoms with E-state index in [9.17, 15) is 9.18 Å². The highest BCUT2D eigenvalue weighted by Crippen LogP contribution is 2.39. The molecule has 6 heteroatoms. The first-order valence-electron chi connectivity index (χ1n) is 8.55. The van der Waals surface area contributed by atoms with Gasteiger partial charge in [-0.3, -0.25) is 4.79 Å². The van der Waals surface area contributed by atoms with Crippen molar-refractivity contribution in [3.05, 3.63) is 93.1 Å². The molecule has 0 unspecified atom stereocenters. The van der Waals surface area contributed by atoms with E-state index in [-0.39, 0.29) is 11.7 Å². The molecule has 0 saturated carbocycles. The third-order valence-electron chi connectivity index (χ3n) is 4.14. The lowest BCUT2D eigenvalue weighted by Crippen LogP contribution is -2.17. The number of carbonyl (C=O) groups is 1. The molecule has 0 bridgehead atoms. The number of hydrogen-bond donors (Lipinski definition) is 1. The third kappa shape index (κ3) is 4.29. The Morgan fingerprint density at radius 3 is 2.64 bits per heavy atom. The molecule has 0 aromatic heterocycles. The van der Waals surface area contributed by atoms with Crippen LogP contribution in [0.5, 0.6) is 5.75 Å². The number of nitrogens with one attached hydrogen (secondary N) is 1.